The average molecular weight is 522 g/mol. The van der Waals surface area contributed by atoms with Gasteiger partial charge in [-0.1, -0.05) is 0 Å². The molecular weight excluding hydrogens is 496 g/mol. The number of rotatable bonds is 7. The van der Waals surface area contributed by atoms with Crippen LogP contribution in [0.4, 0.5) is 0 Å². The Bertz CT molecular complexity index is 1130. The van der Waals surface area contributed by atoms with Crippen LogP contribution in [0, 0.1) is 0 Å². The lowest BCUT2D eigenvalue weighted by molar-refractivity contribution is -0.323. The summed E-state index contributed by atoms with van der Waals surface area (Å²) < 4.78 is 20.9. The first-order valence-electron chi connectivity index (χ1n) is 11.3. The average Bonchev–Trinajstić information content (AvgIpc) is 2.83. The molecule has 7 atom stereocenters. The molecule has 0 bridgehead atoms. The molecule has 1 saturated heterocycles. The van der Waals surface area contributed by atoms with Gasteiger partial charge in [-0.25, -0.2) is 0 Å². The van der Waals surface area contributed by atoms with E-state index >= 15 is 0 Å². The van der Waals surface area contributed by atoms with Gasteiger partial charge in [-0.05, 0) is 24.3 Å². The minimum atomic E-state index is -1.77. The van der Waals surface area contributed by atoms with Crippen molar-refractivity contribution in [3.63, 3.8) is 0 Å². The van der Waals surface area contributed by atoms with Crippen molar-refractivity contribution in [2.75, 3.05) is 6.61 Å². The first-order chi connectivity index (χ1) is 17.5. The number of phenolic OH excluding ortho intramolecular Hbond substituents is 3. The lowest BCUT2D eigenvalue weighted by Crippen LogP contribution is -2.60. The van der Waals surface area contributed by atoms with E-state index in [4.69, 9.17) is 14.2 Å². The summed E-state index contributed by atoms with van der Waals surface area (Å²) in [6.45, 7) is -0.643. The van der Waals surface area contributed by atoms with E-state index in [-0.39, 0.29) is 23.7 Å². The van der Waals surface area contributed by atoms with E-state index in [1.165, 1.54) is 18.2 Å². The number of aliphatic carboxylic acids is 1. The minimum absolute atomic E-state index is 0.00642. The highest BCUT2D eigenvalue weighted by Gasteiger charge is 2.48. The standard InChI is InChI=1S/C24H26O13/c25-11-3-1-10(2-4-11)23-16(7-13-14(27)5-12(26)6-15(13)35-23)36-24-22(33)21(32)20(31)17(37-24)9-34-19(30)8-18(28)29/h1-6,16-17,20-27,31-33H,7-9H2,(H,28,29)/t16-,17+,20+,21-,22+,23?,24+/m0/s1. The molecule has 0 amide bonds. The Morgan fingerprint density at radius 2 is 1.70 bits per heavy atom. The van der Waals surface area contributed by atoms with Gasteiger partial charge in [0.2, 0.25) is 6.10 Å². The number of aliphatic hydroxyl groups excluding tert-OH is 3. The third-order valence-corrected chi connectivity index (χ3v) is 6.13. The molecule has 200 valence electrons. The topological polar surface area (TPSA) is 219 Å². The van der Waals surface area contributed by atoms with E-state index in [2.05, 4.69) is 4.74 Å². The summed E-state index contributed by atoms with van der Waals surface area (Å²) in [7, 11) is 0. The Balaban J connectivity index is 1.57. The van der Waals surface area contributed by atoms with Gasteiger partial charge < -0.3 is 59.5 Å². The summed E-state index contributed by atoms with van der Waals surface area (Å²) >= 11 is 0. The number of carbonyl (C=O) groups is 2. The van der Waals surface area contributed by atoms with Crippen LogP contribution in [0.5, 0.6) is 23.0 Å². The molecule has 0 radical (unpaired) electrons. The normalized spacial score (nSPS) is 29.1. The Kier molecular flexibility index (Phi) is 7.71. The van der Waals surface area contributed by atoms with Crippen LogP contribution in [-0.4, -0.2) is 90.7 Å². The predicted octanol–water partition coefficient (Wildman–Crippen LogP) is -1.78. The maximum Gasteiger partial charge on any atom is 0.311 e. The van der Waals surface area contributed by atoms with Crippen molar-refractivity contribution >= 4 is 11.9 Å². The number of ether oxygens (including phenoxy) is 4. The molecule has 0 aromatic heterocycles. The summed E-state index contributed by atoms with van der Waals surface area (Å²) in [5.74, 6) is -2.95. The third-order valence-electron chi connectivity index (χ3n) is 6.13. The molecule has 13 nitrogen and oxygen atoms in total. The van der Waals surface area contributed by atoms with Crippen LogP contribution < -0.4 is 5.11 Å². The third kappa shape index (κ3) is 5.87. The second-order valence-corrected chi connectivity index (χ2v) is 8.75. The second kappa shape index (κ2) is 10.8. The van der Waals surface area contributed by atoms with Gasteiger partial charge in [0.25, 0.3) is 5.75 Å². The van der Waals surface area contributed by atoms with E-state index in [1.54, 1.807) is 12.1 Å². The van der Waals surface area contributed by atoms with E-state index in [0.29, 0.717) is 16.9 Å². The molecule has 1 fully saturated rings. The van der Waals surface area contributed by atoms with Crippen LogP contribution in [0.25, 0.3) is 0 Å². The van der Waals surface area contributed by atoms with Gasteiger partial charge in [-0.3, -0.25) is 4.79 Å². The molecule has 2 aliphatic rings. The van der Waals surface area contributed by atoms with Crippen molar-refractivity contribution in [3.05, 3.63) is 47.5 Å². The molecular formula is C24H26O13. The maximum atomic E-state index is 11.5. The molecule has 0 saturated carbocycles. The highest BCUT2D eigenvalue weighted by atomic mass is 16.7. The predicted molar refractivity (Wildman–Crippen MR) is 118 cm³/mol. The van der Waals surface area contributed by atoms with Crippen molar-refractivity contribution in [2.24, 2.45) is 0 Å². The number of carboxylic acids is 1. The lowest BCUT2D eigenvalue weighted by Gasteiger charge is -2.42. The number of aromatic hydroxyl groups is 4. The Morgan fingerprint density at radius 1 is 1.00 bits per heavy atom. The fourth-order valence-electron chi connectivity index (χ4n) is 4.26. The summed E-state index contributed by atoms with van der Waals surface area (Å²) in [6, 6.07) is 8.53. The zero-order valence-electron chi connectivity index (χ0n) is 19.2. The first kappa shape index (κ1) is 26.4. The van der Waals surface area contributed by atoms with Gasteiger partial charge in [-0.15, -0.1) is 0 Å². The quantitative estimate of drug-likeness (QED) is 0.135. The first-order valence-corrected chi connectivity index (χ1v) is 11.3. The number of fused-ring (bicyclic) bond motifs is 1. The summed E-state index contributed by atoms with van der Waals surface area (Å²) in [4.78, 5) is 22.1. The number of aliphatic hydroxyl groups is 4. The van der Waals surface area contributed by atoms with E-state index in [0.717, 1.165) is 6.07 Å². The molecule has 2 heterocycles. The molecule has 1 unspecified atom stereocenters. The van der Waals surface area contributed by atoms with E-state index in [1.807, 2.05) is 0 Å². The molecule has 13 heteroatoms. The van der Waals surface area contributed by atoms with Gasteiger partial charge in [0, 0.05) is 18.1 Å². The zero-order valence-corrected chi connectivity index (χ0v) is 19.2. The summed E-state index contributed by atoms with van der Waals surface area (Å²) in [6.07, 6.45) is -10.8. The summed E-state index contributed by atoms with van der Waals surface area (Å²) in [5.41, 5.74) is 0.923. The Morgan fingerprint density at radius 3 is 2.38 bits per heavy atom. The van der Waals surface area contributed by atoms with Crippen molar-refractivity contribution in [2.45, 2.75) is 55.8 Å². The van der Waals surface area contributed by atoms with Crippen LogP contribution in [0.2, 0.25) is 0 Å². The van der Waals surface area contributed by atoms with E-state index < -0.39 is 67.9 Å². The van der Waals surface area contributed by atoms with E-state index in [9.17, 15) is 45.3 Å². The number of esters is 1. The highest BCUT2D eigenvalue weighted by molar-refractivity contribution is 5.89. The van der Waals surface area contributed by atoms with Crippen molar-refractivity contribution in [1.82, 2.24) is 0 Å². The van der Waals surface area contributed by atoms with Crippen molar-refractivity contribution < 1.29 is 64.3 Å². The van der Waals surface area contributed by atoms with Crippen LogP contribution in [0.15, 0.2) is 36.4 Å². The lowest BCUT2D eigenvalue weighted by atomic mass is 9.93. The number of carboxylic acid groups (broad SMARTS) is 1. The number of benzene rings is 2. The number of carbonyl (C=O) groups excluding carboxylic acids is 2. The SMILES string of the molecule is O=C([O-])CC(=O)OC[C@H]1O[C@@H](O[C@H]2Cc3c(O)cc(O)cc3[OH+]C2c2ccc(O)cc2)[C@H](O)[C@@H](O)[C@@H]1O. The van der Waals surface area contributed by atoms with Gasteiger partial charge >= 0.3 is 5.97 Å². The fourth-order valence-corrected chi connectivity index (χ4v) is 4.26. The second-order valence-electron chi connectivity index (χ2n) is 8.75. The molecule has 2 aromatic carbocycles. The minimum Gasteiger partial charge on any atom is -0.575 e. The molecule has 0 aliphatic carbocycles. The number of hydrogen-bond acceptors (Lipinski definition) is 12. The highest BCUT2D eigenvalue weighted by Crippen LogP contribution is 2.44. The van der Waals surface area contributed by atoms with Gasteiger partial charge in [0.1, 0.15) is 48.3 Å². The number of phenols is 3. The molecule has 37 heavy (non-hydrogen) atoms. The monoisotopic (exact) mass is 522 g/mol. The Hall–Kier alpha value is -3.62. The molecule has 2 aliphatic heterocycles. The zero-order chi connectivity index (χ0) is 26.9. The fraction of sp³-hybridized carbons (Fsp3) is 0.417. The molecule has 4 rings (SSSR count). The smallest absolute Gasteiger partial charge is 0.311 e. The largest absolute Gasteiger partial charge is 0.575 e. The molecule has 2 aromatic rings. The molecule has 0 spiro atoms. The van der Waals surface area contributed by atoms with Crippen LogP contribution in [0.1, 0.15) is 23.7 Å². The van der Waals surface area contributed by atoms with Gasteiger partial charge in [0.15, 0.2) is 12.4 Å². The van der Waals surface area contributed by atoms with Crippen LogP contribution in [0.3, 0.4) is 0 Å². The maximum absolute atomic E-state index is 11.5. The Labute approximate surface area is 209 Å². The van der Waals surface area contributed by atoms with Crippen LogP contribution in [-0.2, 0) is 30.2 Å². The van der Waals surface area contributed by atoms with Crippen molar-refractivity contribution in [3.8, 4) is 23.0 Å². The van der Waals surface area contributed by atoms with Crippen LogP contribution >= 0.6 is 0 Å². The van der Waals surface area contributed by atoms with Gasteiger partial charge in [-0.2, -0.15) is 0 Å². The molecule has 7 N–H and O–H groups in total. The summed E-state index contributed by atoms with van der Waals surface area (Å²) in [5, 5.41) is 71.6. The number of hydrogen-bond donors (Lipinski definition) is 6. The van der Waals surface area contributed by atoms with Crippen molar-refractivity contribution in [1.29, 1.82) is 0 Å². The van der Waals surface area contributed by atoms with Gasteiger partial charge in [0.05, 0.1) is 24.0 Å².